The third-order valence-corrected chi connectivity index (χ3v) is 1.18. The van der Waals surface area contributed by atoms with Gasteiger partial charge in [0.1, 0.15) is 0 Å². The van der Waals surface area contributed by atoms with Crippen LogP contribution in [0.15, 0.2) is 36.0 Å². The van der Waals surface area contributed by atoms with Gasteiger partial charge in [-0.15, -0.1) is 0 Å². The van der Waals surface area contributed by atoms with Crippen LogP contribution in [0.25, 0.3) is 0 Å². The molecule has 46 valence electrons. The van der Waals surface area contributed by atoms with Crippen molar-refractivity contribution in [2.24, 2.45) is 0 Å². The zero-order chi connectivity index (χ0) is 6.53. The highest BCUT2D eigenvalue weighted by molar-refractivity contribution is 5.34. The minimum atomic E-state index is 0.955. The Bertz CT molecular complexity index is 159. The Morgan fingerprint density at radius 3 is 3.11 bits per heavy atom. The average Bonchev–Trinajstić information content (AvgIpc) is 1.91. The Morgan fingerprint density at radius 1 is 1.67 bits per heavy atom. The zero-order valence-corrected chi connectivity index (χ0v) is 5.59. The molecule has 0 nitrogen and oxygen atoms in total. The van der Waals surface area contributed by atoms with Gasteiger partial charge in [0.2, 0.25) is 0 Å². The summed E-state index contributed by atoms with van der Waals surface area (Å²) in [5.41, 5.74) is 1.19. The molecule has 1 aliphatic rings. The molecule has 0 aliphatic heterocycles. The van der Waals surface area contributed by atoms with E-state index >= 15 is 0 Å². The van der Waals surface area contributed by atoms with E-state index in [1.807, 2.05) is 13.0 Å². The second-order valence-corrected chi connectivity index (χ2v) is 1.93. The molecule has 1 rings (SSSR count). The van der Waals surface area contributed by atoms with Gasteiger partial charge in [-0.25, -0.2) is 0 Å². The van der Waals surface area contributed by atoms with Crippen molar-refractivity contribution in [3.63, 3.8) is 0 Å². The van der Waals surface area contributed by atoms with Gasteiger partial charge >= 0.3 is 0 Å². The summed E-state index contributed by atoms with van der Waals surface area (Å²) in [6, 6.07) is 0. The zero-order valence-electron chi connectivity index (χ0n) is 5.59. The van der Waals surface area contributed by atoms with Crippen LogP contribution < -0.4 is 0 Å². The van der Waals surface area contributed by atoms with Gasteiger partial charge in [-0.2, -0.15) is 0 Å². The fourth-order valence-electron chi connectivity index (χ4n) is 0.769. The fourth-order valence-corrected chi connectivity index (χ4v) is 0.769. The first-order valence-corrected chi connectivity index (χ1v) is 3.17. The summed E-state index contributed by atoms with van der Waals surface area (Å²) in [5, 5.41) is 0. The third kappa shape index (κ3) is 1.88. The maximum absolute atomic E-state index is 3.21. The van der Waals surface area contributed by atoms with Gasteiger partial charge in [0, 0.05) is 6.42 Å². The summed E-state index contributed by atoms with van der Waals surface area (Å²) in [4.78, 5) is 0. The largest absolute Gasteiger partial charge is 0.0874 e. The Hall–Kier alpha value is -0.780. The van der Waals surface area contributed by atoms with Gasteiger partial charge in [0.15, 0.2) is 0 Å². The van der Waals surface area contributed by atoms with Crippen molar-refractivity contribution in [1.82, 2.24) is 0 Å². The maximum Gasteiger partial charge on any atom is 0.0205 e. The molecule has 0 saturated heterocycles. The number of rotatable bonds is 1. The highest BCUT2D eigenvalue weighted by Crippen LogP contribution is 2.10. The molecule has 0 aromatic rings. The van der Waals surface area contributed by atoms with Gasteiger partial charge in [0.25, 0.3) is 0 Å². The van der Waals surface area contributed by atoms with Gasteiger partial charge in [-0.1, -0.05) is 30.4 Å². The first-order chi connectivity index (χ1) is 4.43. The maximum atomic E-state index is 3.21. The molecule has 0 heterocycles. The number of allylic oxidation sites excluding steroid dienone is 6. The molecule has 1 aliphatic carbocycles. The lowest BCUT2D eigenvalue weighted by Crippen LogP contribution is -1.82. The van der Waals surface area contributed by atoms with Crippen molar-refractivity contribution in [1.29, 1.82) is 0 Å². The van der Waals surface area contributed by atoms with Crippen LogP contribution in [-0.2, 0) is 0 Å². The van der Waals surface area contributed by atoms with Crippen LogP contribution in [0.3, 0.4) is 0 Å². The molecule has 0 aromatic heterocycles. The second-order valence-electron chi connectivity index (χ2n) is 1.93. The minimum absolute atomic E-state index is 0.955. The smallest absolute Gasteiger partial charge is 0.0205 e. The molecule has 0 bridgehead atoms. The van der Waals surface area contributed by atoms with E-state index in [1.54, 1.807) is 0 Å². The van der Waals surface area contributed by atoms with Crippen LogP contribution in [0.1, 0.15) is 13.3 Å². The Labute approximate surface area is 56.6 Å². The fraction of sp³-hybridized carbons (Fsp3) is 0.222. The first kappa shape index (κ1) is 6.34. The van der Waals surface area contributed by atoms with Crippen LogP contribution in [0.4, 0.5) is 0 Å². The van der Waals surface area contributed by atoms with Crippen LogP contribution in [0.5, 0.6) is 0 Å². The van der Waals surface area contributed by atoms with Gasteiger partial charge in [-0.3, -0.25) is 0 Å². The van der Waals surface area contributed by atoms with Crippen LogP contribution in [-0.4, -0.2) is 0 Å². The monoisotopic (exact) mass is 118 g/mol. The molecule has 9 heavy (non-hydrogen) atoms. The van der Waals surface area contributed by atoms with E-state index in [0.717, 1.165) is 6.42 Å². The molecular weight excluding hydrogens is 108 g/mol. The van der Waals surface area contributed by atoms with Crippen molar-refractivity contribution < 1.29 is 0 Å². The van der Waals surface area contributed by atoms with Gasteiger partial charge in [0.05, 0.1) is 0 Å². The molecule has 0 fully saturated rings. The Morgan fingerprint density at radius 2 is 2.56 bits per heavy atom. The predicted octanol–water partition coefficient (Wildman–Crippen LogP) is 2.53. The lowest BCUT2D eigenvalue weighted by molar-refractivity contribution is 1.22. The van der Waals surface area contributed by atoms with E-state index in [-0.39, 0.29) is 0 Å². The summed E-state index contributed by atoms with van der Waals surface area (Å²) in [6.45, 7) is 2.01. The minimum Gasteiger partial charge on any atom is -0.0874 e. The second kappa shape index (κ2) is 3.29. The quantitative estimate of drug-likeness (QED) is 0.496. The lowest BCUT2D eigenvalue weighted by atomic mass is 10.1. The van der Waals surface area contributed by atoms with Crippen molar-refractivity contribution in [3.8, 4) is 0 Å². The van der Waals surface area contributed by atoms with E-state index in [2.05, 4.69) is 30.7 Å². The molecular formula is C9H10. The van der Waals surface area contributed by atoms with Crippen molar-refractivity contribution in [2.45, 2.75) is 13.3 Å². The van der Waals surface area contributed by atoms with Crippen LogP contribution in [0, 0.1) is 6.42 Å². The third-order valence-electron chi connectivity index (χ3n) is 1.18. The molecule has 0 unspecified atom stereocenters. The molecule has 0 heteroatoms. The lowest BCUT2D eigenvalue weighted by Gasteiger charge is -1.99. The Kier molecular flexibility index (Phi) is 2.32. The average molecular weight is 118 g/mol. The highest BCUT2D eigenvalue weighted by atomic mass is 14.0. The normalized spacial score (nSPS) is 18.6. The first-order valence-electron chi connectivity index (χ1n) is 3.17. The highest BCUT2D eigenvalue weighted by Gasteiger charge is 1.93. The molecule has 0 aromatic carbocycles. The summed E-state index contributed by atoms with van der Waals surface area (Å²) in [6.07, 6.45) is 14.5. The standard InChI is InChI=1S/C9H10/c1-2-6-9-7-4-3-5-8-9/h2-4,6-7H,5H2,1H3. The van der Waals surface area contributed by atoms with E-state index in [9.17, 15) is 0 Å². The van der Waals surface area contributed by atoms with Crippen molar-refractivity contribution in [3.05, 3.63) is 42.4 Å². The van der Waals surface area contributed by atoms with Crippen molar-refractivity contribution in [2.75, 3.05) is 0 Å². The molecule has 0 saturated carbocycles. The topological polar surface area (TPSA) is 0 Å². The molecule has 0 spiro atoms. The predicted molar refractivity (Wildman–Crippen MR) is 39.9 cm³/mol. The van der Waals surface area contributed by atoms with Crippen molar-refractivity contribution >= 4 is 0 Å². The SMILES string of the molecule is CC=CC1=CC=CC[C]1. The van der Waals surface area contributed by atoms with E-state index in [1.165, 1.54) is 5.57 Å². The summed E-state index contributed by atoms with van der Waals surface area (Å²) < 4.78 is 0. The summed E-state index contributed by atoms with van der Waals surface area (Å²) in [7, 11) is 0. The van der Waals surface area contributed by atoms with E-state index in [0.29, 0.717) is 0 Å². The molecule has 0 atom stereocenters. The number of hydrogen-bond acceptors (Lipinski definition) is 0. The van der Waals surface area contributed by atoms with Crippen LogP contribution >= 0.6 is 0 Å². The molecule has 0 N–H and O–H groups in total. The van der Waals surface area contributed by atoms with Gasteiger partial charge in [-0.05, 0) is 18.9 Å². The van der Waals surface area contributed by atoms with E-state index in [4.69, 9.17) is 0 Å². The Balaban J connectivity index is 2.57. The van der Waals surface area contributed by atoms with Gasteiger partial charge < -0.3 is 0 Å². The molecule has 2 radical (unpaired) electrons. The summed E-state index contributed by atoms with van der Waals surface area (Å²) >= 11 is 0. The van der Waals surface area contributed by atoms with E-state index < -0.39 is 0 Å². The molecule has 0 amide bonds. The summed E-state index contributed by atoms with van der Waals surface area (Å²) in [5.74, 6) is 0. The van der Waals surface area contributed by atoms with Crippen LogP contribution in [0.2, 0.25) is 0 Å². The number of hydrogen-bond donors (Lipinski definition) is 0.